The Morgan fingerprint density at radius 2 is 2.33 bits per heavy atom. The van der Waals surface area contributed by atoms with Crippen LogP contribution in [0.1, 0.15) is 6.42 Å². The molecule has 98 valence electrons. The number of carbonyl (C=O) groups excluding carboxylic acids is 1. The van der Waals surface area contributed by atoms with E-state index in [4.69, 9.17) is 9.84 Å². The van der Waals surface area contributed by atoms with Crippen molar-refractivity contribution >= 4 is 11.9 Å². The zero-order valence-electron chi connectivity index (χ0n) is 9.86. The average molecular weight is 253 g/mol. The number of carboxylic acids is 1. The number of hydrogen-bond acceptors (Lipinski definition) is 4. The molecule has 1 aromatic heterocycles. The normalized spacial score (nSPS) is 19.8. The van der Waals surface area contributed by atoms with Gasteiger partial charge in [-0.2, -0.15) is 0 Å². The maximum atomic E-state index is 11.9. The number of aliphatic carboxylic acids is 1. The van der Waals surface area contributed by atoms with Gasteiger partial charge in [0.05, 0.1) is 19.5 Å². The summed E-state index contributed by atoms with van der Waals surface area (Å²) < 4.78 is 6.87. The number of hydrogen-bond donors (Lipinski definition) is 1. The summed E-state index contributed by atoms with van der Waals surface area (Å²) in [6.45, 7) is 1.40. The topological polar surface area (TPSA) is 84.7 Å². The molecule has 1 amide bonds. The van der Waals surface area contributed by atoms with Crippen LogP contribution in [0, 0.1) is 0 Å². The molecule has 0 bridgehead atoms. The van der Waals surface area contributed by atoms with E-state index in [0.717, 1.165) is 0 Å². The minimum absolute atomic E-state index is 0.0572. The fourth-order valence-corrected chi connectivity index (χ4v) is 1.83. The molecule has 1 unspecified atom stereocenters. The Morgan fingerprint density at radius 1 is 1.50 bits per heavy atom. The molecule has 7 heteroatoms. The van der Waals surface area contributed by atoms with Gasteiger partial charge in [0.15, 0.2) is 6.10 Å². The van der Waals surface area contributed by atoms with E-state index in [1.54, 1.807) is 23.6 Å². The Kier molecular flexibility index (Phi) is 3.93. The fraction of sp³-hybridized carbons (Fsp3) is 0.545. The van der Waals surface area contributed by atoms with Crippen molar-refractivity contribution in [2.24, 2.45) is 0 Å². The SMILES string of the molecule is O=C(O)C1CN(C(=O)CCn2ccnc2)CCO1. The molecule has 1 N–H and O–H groups in total. The molecule has 0 spiro atoms. The smallest absolute Gasteiger partial charge is 0.334 e. The molecule has 18 heavy (non-hydrogen) atoms. The lowest BCUT2D eigenvalue weighted by molar-refractivity contribution is -0.159. The highest BCUT2D eigenvalue weighted by Crippen LogP contribution is 2.07. The van der Waals surface area contributed by atoms with Gasteiger partial charge in [-0.15, -0.1) is 0 Å². The molecule has 0 aliphatic carbocycles. The van der Waals surface area contributed by atoms with Crippen molar-refractivity contribution in [3.63, 3.8) is 0 Å². The molecule has 1 aliphatic rings. The quantitative estimate of drug-likeness (QED) is 0.788. The molecule has 0 saturated carbocycles. The van der Waals surface area contributed by atoms with Crippen LogP contribution in [0.4, 0.5) is 0 Å². The highest BCUT2D eigenvalue weighted by atomic mass is 16.5. The van der Waals surface area contributed by atoms with Crippen molar-refractivity contribution in [1.29, 1.82) is 0 Å². The lowest BCUT2D eigenvalue weighted by atomic mass is 10.2. The van der Waals surface area contributed by atoms with Gasteiger partial charge in [-0.25, -0.2) is 9.78 Å². The second-order valence-corrected chi connectivity index (χ2v) is 4.09. The zero-order chi connectivity index (χ0) is 13.0. The van der Waals surface area contributed by atoms with E-state index in [2.05, 4.69) is 4.98 Å². The number of morpholine rings is 1. The summed E-state index contributed by atoms with van der Waals surface area (Å²) in [5.41, 5.74) is 0. The third-order valence-corrected chi connectivity index (χ3v) is 2.84. The molecular formula is C11H15N3O4. The number of imidazole rings is 1. The number of aromatic nitrogens is 2. The van der Waals surface area contributed by atoms with Crippen molar-refractivity contribution in [1.82, 2.24) is 14.5 Å². The van der Waals surface area contributed by atoms with Gasteiger partial charge < -0.3 is 19.3 Å². The van der Waals surface area contributed by atoms with Crippen LogP contribution < -0.4 is 0 Å². The number of aryl methyl sites for hydroxylation is 1. The Morgan fingerprint density at radius 3 is 3.00 bits per heavy atom. The van der Waals surface area contributed by atoms with E-state index >= 15 is 0 Å². The standard InChI is InChI=1S/C11H15N3O4/c15-10(1-3-13-4-2-12-8-13)14-5-6-18-9(7-14)11(16)17/h2,4,8-9H,1,3,5-7H2,(H,16,17). The van der Waals surface area contributed by atoms with Crippen molar-refractivity contribution in [3.05, 3.63) is 18.7 Å². The van der Waals surface area contributed by atoms with Gasteiger partial charge in [0.1, 0.15) is 0 Å². The van der Waals surface area contributed by atoms with Crippen LogP contribution >= 0.6 is 0 Å². The van der Waals surface area contributed by atoms with Gasteiger partial charge >= 0.3 is 5.97 Å². The van der Waals surface area contributed by atoms with Crippen LogP contribution in [0.5, 0.6) is 0 Å². The van der Waals surface area contributed by atoms with Crippen LogP contribution in [-0.2, 0) is 20.9 Å². The number of carboxylic acid groups (broad SMARTS) is 1. The Bertz CT molecular complexity index is 418. The molecule has 2 rings (SSSR count). The van der Waals surface area contributed by atoms with E-state index in [1.807, 2.05) is 4.57 Å². The zero-order valence-corrected chi connectivity index (χ0v) is 9.86. The lowest BCUT2D eigenvalue weighted by Crippen LogP contribution is -2.48. The van der Waals surface area contributed by atoms with Crippen LogP contribution in [0.3, 0.4) is 0 Å². The largest absolute Gasteiger partial charge is 0.479 e. The lowest BCUT2D eigenvalue weighted by Gasteiger charge is -2.30. The van der Waals surface area contributed by atoms with Crippen LogP contribution in [0.25, 0.3) is 0 Å². The van der Waals surface area contributed by atoms with Gasteiger partial charge in [0.2, 0.25) is 5.91 Å². The Hall–Kier alpha value is -1.89. The van der Waals surface area contributed by atoms with E-state index in [1.165, 1.54) is 0 Å². The fourth-order valence-electron chi connectivity index (χ4n) is 1.83. The van der Waals surface area contributed by atoms with E-state index in [9.17, 15) is 9.59 Å². The van der Waals surface area contributed by atoms with Gasteiger partial charge in [-0.3, -0.25) is 4.79 Å². The summed E-state index contributed by atoms with van der Waals surface area (Å²) >= 11 is 0. The first-order chi connectivity index (χ1) is 8.66. The third-order valence-electron chi connectivity index (χ3n) is 2.84. The minimum Gasteiger partial charge on any atom is -0.479 e. The van der Waals surface area contributed by atoms with Crippen molar-refractivity contribution in [3.8, 4) is 0 Å². The molecule has 1 saturated heterocycles. The first kappa shape index (κ1) is 12.6. The molecule has 1 fully saturated rings. The number of carbonyl (C=O) groups is 2. The van der Waals surface area contributed by atoms with Gasteiger partial charge in [-0.1, -0.05) is 0 Å². The molecule has 0 radical (unpaired) electrons. The second-order valence-electron chi connectivity index (χ2n) is 4.09. The van der Waals surface area contributed by atoms with Crippen molar-refractivity contribution in [2.45, 2.75) is 19.1 Å². The molecule has 7 nitrogen and oxygen atoms in total. The van der Waals surface area contributed by atoms with Gasteiger partial charge in [-0.05, 0) is 0 Å². The van der Waals surface area contributed by atoms with Crippen LogP contribution in [0.15, 0.2) is 18.7 Å². The van der Waals surface area contributed by atoms with E-state index in [0.29, 0.717) is 19.5 Å². The van der Waals surface area contributed by atoms with Crippen LogP contribution in [0.2, 0.25) is 0 Å². The molecule has 1 atom stereocenters. The summed E-state index contributed by atoms with van der Waals surface area (Å²) in [5, 5.41) is 8.84. The van der Waals surface area contributed by atoms with E-state index in [-0.39, 0.29) is 19.1 Å². The molecule has 2 heterocycles. The Balaban J connectivity index is 1.83. The number of amides is 1. The molecular weight excluding hydrogens is 238 g/mol. The van der Waals surface area contributed by atoms with Gasteiger partial charge in [0, 0.05) is 31.9 Å². The third kappa shape index (κ3) is 3.07. The molecule has 1 aliphatic heterocycles. The van der Waals surface area contributed by atoms with E-state index < -0.39 is 12.1 Å². The highest BCUT2D eigenvalue weighted by Gasteiger charge is 2.28. The first-order valence-electron chi connectivity index (χ1n) is 5.75. The van der Waals surface area contributed by atoms with Gasteiger partial charge in [0.25, 0.3) is 0 Å². The number of nitrogens with zero attached hydrogens (tertiary/aromatic N) is 3. The second kappa shape index (κ2) is 5.63. The summed E-state index contributed by atoms with van der Waals surface area (Å²) in [7, 11) is 0. The number of rotatable bonds is 4. The minimum atomic E-state index is -1.03. The van der Waals surface area contributed by atoms with Crippen molar-refractivity contribution in [2.75, 3.05) is 19.7 Å². The molecule has 0 aromatic carbocycles. The van der Waals surface area contributed by atoms with Crippen LogP contribution in [-0.4, -0.2) is 57.2 Å². The maximum absolute atomic E-state index is 11.9. The molecule has 1 aromatic rings. The monoisotopic (exact) mass is 253 g/mol. The summed E-state index contributed by atoms with van der Waals surface area (Å²) in [4.78, 5) is 28.1. The first-order valence-corrected chi connectivity index (χ1v) is 5.75. The predicted octanol–water partition coefficient (Wildman–Crippen LogP) is -0.415. The average Bonchev–Trinajstić information content (AvgIpc) is 2.89. The summed E-state index contributed by atoms with van der Waals surface area (Å²) in [6, 6.07) is 0. The maximum Gasteiger partial charge on any atom is 0.334 e. The van der Waals surface area contributed by atoms with Crippen molar-refractivity contribution < 1.29 is 19.4 Å². The number of ether oxygens (including phenoxy) is 1. The highest BCUT2D eigenvalue weighted by molar-refractivity contribution is 5.78. The summed E-state index contributed by atoms with van der Waals surface area (Å²) in [5.74, 6) is -1.08. The summed E-state index contributed by atoms with van der Waals surface area (Å²) in [6.07, 6.45) is 4.51. The predicted molar refractivity (Wildman–Crippen MR) is 60.8 cm³/mol. The Labute approximate surface area is 104 Å².